The average Bonchev–Trinajstić information content (AvgIpc) is 3.03. The van der Waals surface area contributed by atoms with Crippen LogP contribution in [0.15, 0.2) is 53.8 Å². The van der Waals surface area contributed by atoms with Crippen LogP contribution in [0.3, 0.4) is 0 Å². The Morgan fingerprint density at radius 3 is 2.65 bits per heavy atom. The van der Waals surface area contributed by atoms with Crippen molar-refractivity contribution in [3.05, 3.63) is 54.2 Å². The Morgan fingerprint density at radius 1 is 1.23 bits per heavy atom. The van der Waals surface area contributed by atoms with E-state index in [0.717, 1.165) is 12.1 Å². The number of amides is 1. The first-order valence-corrected chi connectivity index (χ1v) is 9.14. The number of anilines is 1. The molecule has 26 heavy (non-hydrogen) atoms. The molecule has 3 rings (SSSR count). The molecule has 0 saturated heterocycles. The molecule has 0 aliphatic rings. The highest BCUT2D eigenvalue weighted by Gasteiger charge is 2.20. The number of hydrogen-bond donors (Lipinski definition) is 2. The first-order chi connectivity index (χ1) is 12.6. The van der Waals surface area contributed by atoms with E-state index >= 15 is 0 Å². The summed E-state index contributed by atoms with van der Waals surface area (Å²) in [5.41, 5.74) is 2.62. The number of rotatable bonds is 6. The van der Waals surface area contributed by atoms with E-state index in [4.69, 9.17) is 5.84 Å². The van der Waals surface area contributed by atoms with Crippen molar-refractivity contribution in [1.82, 2.24) is 19.9 Å². The highest BCUT2D eigenvalue weighted by Crippen LogP contribution is 2.24. The highest BCUT2D eigenvalue weighted by atomic mass is 32.2. The lowest BCUT2D eigenvalue weighted by molar-refractivity contribution is -0.115. The van der Waals surface area contributed by atoms with Gasteiger partial charge in [-0.05, 0) is 43.2 Å². The van der Waals surface area contributed by atoms with E-state index < -0.39 is 0 Å². The maximum Gasteiger partial charge on any atom is 0.237 e. The van der Waals surface area contributed by atoms with E-state index in [9.17, 15) is 4.79 Å². The van der Waals surface area contributed by atoms with Gasteiger partial charge in [0.15, 0.2) is 0 Å². The van der Waals surface area contributed by atoms with Gasteiger partial charge in [0, 0.05) is 11.9 Å². The van der Waals surface area contributed by atoms with Gasteiger partial charge in [-0.2, -0.15) is 0 Å². The van der Waals surface area contributed by atoms with Crippen molar-refractivity contribution in [3.8, 4) is 11.5 Å². The Labute approximate surface area is 156 Å². The first kappa shape index (κ1) is 17.9. The number of carbonyl (C=O) groups is 1. The molecule has 1 atom stereocenters. The quantitative estimate of drug-likeness (QED) is 0.513. The summed E-state index contributed by atoms with van der Waals surface area (Å²) in [7, 11) is 0. The number of thioether (sulfide) groups is 1. The van der Waals surface area contributed by atoms with Crippen molar-refractivity contribution >= 4 is 23.4 Å². The van der Waals surface area contributed by atoms with Gasteiger partial charge < -0.3 is 11.2 Å². The summed E-state index contributed by atoms with van der Waals surface area (Å²) in [4.78, 5) is 16.6. The number of pyridine rings is 1. The van der Waals surface area contributed by atoms with Gasteiger partial charge in [0.1, 0.15) is 5.69 Å². The standard InChI is InChI=1S/C18H20N6OS/c1-3-13-7-9-14(10-8-13)21-17(25)12(2)26-18-23-22-16(24(18)19)15-6-4-5-11-20-15/h4-12H,3,19H2,1-2H3,(H,21,25). The van der Waals surface area contributed by atoms with E-state index in [2.05, 4.69) is 27.4 Å². The van der Waals surface area contributed by atoms with Crippen LogP contribution in [0, 0.1) is 0 Å². The van der Waals surface area contributed by atoms with Gasteiger partial charge in [0.2, 0.25) is 16.9 Å². The molecule has 1 amide bonds. The predicted octanol–water partition coefficient (Wildman–Crippen LogP) is 2.74. The zero-order valence-electron chi connectivity index (χ0n) is 14.6. The van der Waals surface area contributed by atoms with E-state index in [1.807, 2.05) is 36.4 Å². The summed E-state index contributed by atoms with van der Waals surface area (Å²) < 4.78 is 1.35. The van der Waals surface area contributed by atoms with Crippen LogP contribution in [0.5, 0.6) is 0 Å². The van der Waals surface area contributed by atoms with Gasteiger partial charge in [-0.15, -0.1) is 10.2 Å². The lowest BCUT2D eigenvalue weighted by Gasteiger charge is -2.12. The topological polar surface area (TPSA) is 98.7 Å². The fraction of sp³-hybridized carbons (Fsp3) is 0.222. The first-order valence-electron chi connectivity index (χ1n) is 8.27. The minimum Gasteiger partial charge on any atom is -0.335 e. The summed E-state index contributed by atoms with van der Waals surface area (Å²) in [6, 6.07) is 13.3. The van der Waals surface area contributed by atoms with Crippen LogP contribution in [-0.2, 0) is 11.2 Å². The number of aromatic nitrogens is 4. The summed E-state index contributed by atoms with van der Waals surface area (Å²) in [6.07, 6.45) is 2.63. The number of nitrogen functional groups attached to an aromatic ring is 1. The Bertz CT molecular complexity index is 878. The molecule has 0 aliphatic heterocycles. The molecule has 0 bridgehead atoms. The third-order valence-electron chi connectivity index (χ3n) is 3.84. The van der Waals surface area contributed by atoms with Crippen molar-refractivity contribution in [2.75, 3.05) is 11.2 Å². The van der Waals surface area contributed by atoms with Crippen LogP contribution >= 0.6 is 11.8 Å². The van der Waals surface area contributed by atoms with Gasteiger partial charge in [-0.25, -0.2) is 4.68 Å². The van der Waals surface area contributed by atoms with Gasteiger partial charge in [-0.3, -0.25) is 9.78 Å². The van der Waals surface area contributed by atoms with Gasteiger partial charge >= 0.3 is 0 Å². The second kappa shape index (κ2) is 8.01. The van der Waals surface area contributed by atoms with Crippen LogP contribution < -0.4 is 11.2 Å². The molecule has 0 radical (unpaired) electrons. The smallest absolute Gasteiger partial charge is 0.237 e. The van der Waals surface area contributed by atoms with Crippen LogP contribution in [-0.4, -0.2) is 31.0 Å². The lowest BCUT2D eigenvalue weighted by Crippen LogP contribution is -2.23. The number of hydrogen-bond acceptors (Lipinski definition) is 6. The van der Waals surface area contributed by atoms with Crippen molar-refractivity contribution in [2.24, 2.45) is 0 Å². The molecule has 3 aromatic rings. The van der Waals surface area contributed by atoms with Crippen LogP contribution in [0.4, 0.5) is 5.69 Å². The number of aryl methyl sites for hydroxylation is 1. The van der Waals surface area contributed by atoms with Gasteiger partial charge in [0.05, 0.1) is 5.25 Å². The molecule has 0 fully saturated rings. The molecule has 0 aliphatic carbocycles. The zero-order chi connectivity index (χ0) is 18.5. The van der Waals surface area contributed by atoms with Crippen LogP contribution in [0.1, 0.15) is 19.4 Å². The molecule has 1 unspecified atom stereocenters. The number of carbonyl (C=O) groups excluding carboxylic acids is 1. The summed E-state index contributed by atoms with van der Waals surface area (Å²) >= 11 is 1.25. The molecule has 0 spiro atoms. The van der Waals surface area contributed by atoms with E-state index in [1.54, 1.807) is 19.2 Å². The Balaban J connectivity index is 1.66. The number of nitrogens with zero attached hydrogens (tertiary/aromatic N) is 4. The highest BCUT2D eigenvalue weighted by molar-refractivity contribution is 8.00. The largest absolute Gasteiger partial charge is 0.335 e. The molecule has 1 aromatic carbocycles. The molecule has 7 nitrogen and oxygen atoms in total. The second-order valence-electron chi connectivity index (χ2n) is 5.69. The lowest BCUT2D eigenvalue weighted by atomic mass is 10.1. The maximum atomic E-state index is 12.4. The van der Waals surface area contributed by atoms with E-state index in [0.29, 0.717) is 16.7 Å². The molecule has 8 heteroatoms. The molecule has 134 valence electrons. The Morgan fingerprint density at radius 2 is 2.00 bits per heavy atom. The molecule has 3 N–H and O–H groups in total. The molecular weight excluding hydrogens is 348 g/mol. The summed E-state index contributed by atoms with van der Waals surface area (Å²) in [5.74, 6) is 6.40. The average molecular weight is 368 g/mol. The molecule has 0 saturated carbocycles. The molecular formula is C18H20N6OS. The number of benzene rings is 1. The second-order valence-corrected chi connectivity index (χ2v) is 7.00. The summed E-state index contributed by atoms with van der Waals surface area (Å²) in [6.45, 7) is 3.89. The maximum absolute atomic E-state index is 12.4. The van der Waals surface area contributed by atoms with Crippen LogP contribution in [0.25, 0.3) is 11.5 Å². The fourth-order valence-corrected chi connectivity index (χ4v) is 3.08. The molecule has 2 heterocycles. The van der Waals surface area contributed by atoms with E-state index in [-0.39, 0.29) is 11.2 Å². The van der Waals surface area contributed by atoms with Crippen molar-refractivity contribution in [1.29, 1.82) is 0 Å². The Hall–Kier alpha value is -2.87. The van der Waals surface area contributed by atoms with E-state index in [1.165, 1.54) is 22.0 Å². The predicted molar refractivity (Wildman–Crippen MR) is 103 cm³/mol. The minimum absolute atomic E-state index is 0.123. The van der Waals surface area contributed by atoms with Gasteiger partial charge in [0.25, 0.3) is 0 Å². The third-order valence-corrected chi connectivity index (χ3v) is 4.90. The monoisotopic (exact) mass is 368 g/mol. The minimum atomic E-state index is -0.385. The number of nitrogens with two attached hydrogens (primary N) is 1. The van der Waals surface area contributed by atoms with Crippen LogP contribution in [0.2, 0.25) is 0 Å². The molecule has 2 aromatic heterocycles. The third kappa shape index (κ3) is 4.02. The SMILES string of the molecule is CCc1ccc(NC(=O)C(C)Sc2nnc(-c3ccccn3)n2N)cc1. The van der Waals surface area contributed by atoms with Crippen molar-refractivity contribution < 1.29 is 4.79 Å². The van der Waals surface area contributed by atoms with Gasteiger partial charge in [-0.1, -0.05) is 36.9 Å². The Kier molecular flexibility index (Phi) is 5.52. The van der Waals surface area contributed by atoms with Crippen molar-refractivity contribution in [2.45, 2.75) is 30.7 Å². The normalized spacial score (nSPS) is 11.9. The number of nitrogens with one attached hydrogen (secondary N) is 1. The fourth-order valence-electron chi connectivity index (χ4n) is 2.31. The zero-order valence-corrected chi connectivity index (χ0v) is 15.4. The van der Waals surface area contributed by atoms with Crippen molar-refractivity contribution in [3.63, 3.8) is 0 Å². The summed E-state index contributed by atoms with van der Waals surface area (Å²) in [5, 5.41) is 11.1.